The number of ether oxygens (including phenoxy) is 1. The summed E-state index contributed by atoms with van der Waals surface area (Å²) < 4.78 is 6.87. The van der Waals surface area contributed by atoms with E-state index in [4.69, 9.17) is 4.74 Å². The van der Waals surface area contributed by atoms with E-state index >= 15 is 0 Å². The number of hydrogen-bond donors (Lipinski definition) is 1. The zero-order chi connectivity index (χ0) is 15.1. The number of aryl methyl sites for hydroxylation is 1. The number of hydrogen-bond acceptors (Lipinski definition) is 5. The summed E-state index contributed by atoms with van der Waals surface area (Å²) in [6, 6.07) is 2.08. The molecule has 1 aromatic heterocycles. The van der Waals surface area contributed by atoms with Crippen LogP contribution in [0.1, 0.15) is 26.7 Å². The summed E-state index contributed by atoms with van der Waals surface area (Å²) >= 11 is 0. The number of morpholine rings is 1. The van der Waals surface area contributed by atoms with Crippen LogP contribution in [0.5, 0.6) is 0 Å². The number of anilines is 1. The summed E-state index contributed by atoms with van der Waals surface area (Å²) in [6.07, 6.45) is 3.82. The zero-order valence-corrected chi connectivity index (χ0v) is 13.0. The van der Waals surface area contributed by atoms with Crippen molar-refractivity contribution in [1.29, 1.82) is 0 Å². The Labute approximate surface area is 126 Å². The largest absolute Gasteiger partial charge is 0.378 e. The molecule has 1 fully saturated rings. The predicted molar refractivity (Wildman–Crippen MR) is 83.9 cm³/mol. The number of aromatic nitrogens is 2. The van der Waals surface area contributed by atoms with Crippen molar-refractivity contribution < 1.29 is 4.74 Å². The van der Waals surface area contributed by atoms with Crippen LogP contribution < -0.4 is 15.8 Å². The van der Waals surface area contributed by atoms with Crippen LogP contribution in [0.3, 0.4) is 0 Å². The summed E-state index contributed by atoms with van der Waals surface area (Å²) in [6.45, 7) is 9.03. The minimum absolute atomic E-state index is 0.0262. The Morgan fingerprint density at radius 2 is 2.19 bits per heavy atom. The molecular weight excluding hydrogens is 268 g/mol. The molecule has 1 atom stereocenters. The van der Waals surface area contributed by atoms with E-state index in [1.165, 1.54) is 0 Å². The van der Waals surface area contributed by atoms with Crippen LogP contribution in [0.2, 0.25) is 0 Å². The van der Waals surface area contributed by atoms with Gasteiger partial charge in [-0.3, -0.25) is 4.79 Å². The SMILES string of the molecule is CCCNC(C)CCn1ncc(N2CCOCC2)cc1=O. The molecular formula is C15H26N4O2. The fraction of sp³-hybridized carbons (Fsp3) is 0.733. The van der Waals surface area contributed by atoms with Crippen molar-refractivity contribution in [3.05, 3.63) is 22.6 Å². The van der Waals surface area contributed by atoms with Gasteiger partial charge in [0.2, 0.25) is 0 Å². The highest BCUT2D eigenvalue weighted by atomic mass is 16.5. The Bertz CT molecular complexity index is 483. The Morgan fingerprint density at radius 1 is 1.43 bits per heavy atom. The van der Waals surface area contributed by atoms with E-state index in [0.29, 0.717) is 25.8 Å². The van der Waals surface area contributed by atoms with E-state index in [0.717, 1.165) is 38.2 Å². The van der Waals surface area contributed by atoms with E-state index in [2.05, 4.69) is 29.2 Å². The molecule has 0 spiro atoms. The molecule has 21 heavy (non-hydrogen) atoms. The topological polar surface area (TPSA) is 59.4 Å². The van der Waals surface area contributed by atoms with Crippen LogP contribution in [0.4, 0.5) is 5.69 Å². The molecule has 1 aliphatic heterocycles. The number of rotatable bonds is 7. The molecule has 2 heterocycles. The van der Waals surface area contributed by atoms with Gasteiger partial charge in [0.05, 0.1) is 25.1 Å². The van der Waals surface area contributed by atoms with E-state index in [1.807, 2.05) is 0 Å². The first-order valence-corrected chi connectivity index (χ1v) is 7.84. The summed E-state index contributed by atoms with van der Waals surface area (Å²) in [5, 5.41) is 7.72. The molecule has 6 nitrogen and oxygen atoms in total. The maximum atomic E-state index is 12.1. The Kier molecular flexibility index (Phi) is 6.20. The molecule has 6 heteroatoms. The first-order chi connectivity index (χ1) is 10.2. The van der Waals surface area contributed by atoms with Crippen molar-refractivity contribution in [2.24, 2.45) is 0 Å². The Hall–Kier alpha value is -1.40. The van der Waals surface area contributed by atoms with Gasteiger partial charge in [0, 0.05) is 31.7 Å². The normalized spacial score (nSPS) is 17.0. The standard InChI is InChI=1S/C15H26N4O2/c1-3-5-16-13(2)4-6-19-15(20)11-14(12-17-19)18-7-9-21-10-8-18/h11-13,16H,3-10H2,1-2H3. The second-order valence-corrected chi connectivity index (χ2v) is 5.52. The highest BCUT2D eigenvalue weighted by molar-refractivity contribution is 5.43. The fourth-order valence-electron chi connectivity index (χ4n) is 2.40. The summed E-state index contributed by atoms with van der Waals surface area (Å²) in [5.74, 6) is 0. The third kappa shape index (κ3) is 4.82. The number of nitrogens with zero attached hydrogens (tertiary/aromatic N) is 3. The monoisotopic (exact) mass is 294 g/mol. The average molecular weight is 294 g/mol. The summed E-state index contributed by atoms with van der Waals surface area (Å²) in [5.41, 5.74) is 0.874. The lowest BCUT2D eigenvalue weighted by atomic mass is 10.2. The molecule has 1 aliphatic rings. The molecule has 0 aliphatic carbocycles. The minimum atomic E-state index is -0.0262. The fourth-order valence-corrected chi connectivity index (χ4v) is 2.40. The van der Waals surface area contributed by atoms with E-state index in [9.17, 15) is 4.79 Å². The van der Waals surface area contributed by atoms with Crippen LogP contribution in [0.15, 0.2) is 17.1 Å². The lowest BCUT2D eigenvalue weighted by Crippen LogP contribution is -2.37. The smallest absolute Gasteiger partial charge is 0.268 e. The second-order valence-electron chi connectivity index (χ2n) is 5.52. The summed E-state index contributed by atoms with van der Waals surface area (Å²) in [4.78, 5) is 14.3. The van der Waals surface area contributed by atoms with Gasteiger partial charge in [0.1, 0.15) is 0 Å². The Morgan fingerprint density at radius 3 is 2.86 bits per heavy atom. The van der Waals surface area contributed by atoms with Crippen LogP contribution in [0.25, 0.3) is 0 Å². The highest BCUT2D eigenvalue weighted by Crippen LogP contribution is 2.11. The van der Waals surface area contributed by atoms with E-state index < -0.39 is 0 Å². The molecule has 0 bridgehead atoms. The van der Waals surface area contributed by atoms with Crippen molar-refractivity contribution in [1.82, 2.24) is 15.1 Å². The maximum Gasteiger partial charge on any atom is 0.268 e. The maximum absolute atomic E-state index is 12.1. The molecule has 2 rings (SSSR count). The molecule has 1 saturated heterocycles. The van der Waals surface area contributed by atoms with Gasteiger partial charge in [-0.2, -0.15) is 5.10 Å². The zero-order valence-electron chi connectivity index (χ0n) is 13.0. The van der Waals surface area contributed by atoms with Crippen LogP contribution in [0, 0.1) is 0 Å². The van der Waals surface area contributed by atoms with Crippen molar-refractivity contribution in [2.45, 2.75) is 39.3 Å². The van der Waals surface area contributed by atoms with Crippen LogP contribution >= 0.6 is 0 Å². The van der Waals surface area contributed by atoms with Crippen molar-refractivity contribution in [2.75, 3.05) is 37.7 Å². The van der Waals surface area contributed by atoms with Crippen LogP contribution in [-0.4, -0.2) is 48.7 Å². The molecule has 118 valence electrons. The summed E-state index contributed by atoms with van der Waals surface area (Å²) in [7, 11) is 0. The molecule has 1 unspecified atom stereocenters. The van der Waals surface area contributed by atoms with Gasteiger partial charge in [-0.15, -0.1) is 0 Å². The van der Waals surface area contributed by atoms with E-state index in [-0.39, 0.29) is 5.56 Å². The first kappa shape index (κ1) is 16.0. The Balaban J connectivity index is 1.91. The van der Waals surface area contributed by atoms with Crippen molar-refractivity contribution in [3.8, 4) is 0 Å². The molecule has 1 N–H and O–H groups in total. The minimum Gasteiger partial charge on any atom is -0.378 e. The number of nitrogens with one attached hydrogen (secondary N) is 1. The highest BCUT2D eigenvalue weighted by Gasteiger charge is 2.12. The van der Waals surface area contributed by atoms with Gasteiger partial charge in [-0.1, -0.05) is 6.92 Å². The molecule has 0 amide bonds. The average Bonchev–Trinajstić information content (AvgIpc) is 2.52. The molecule has 1 aromatic rings. The molecule has 0 saturated carbocycles. The van der Waals surface area contributed by atoms with Gasteiger partial charge in [-0.25, -0.2) is 4.68 Å². The van der Waals surface area contributed by atoms with Gasteiger partial charge in [0.15, 0.2) is 0 Å². The quantitative estimate of drug-likeness (QED) is 0.808. The van der Waals surface area contributed by atoms with Gasteiger partial charge in [0.25, 0.3) is 5.56 Å². The van der Waals surface area contributed by atoms with Gasteiger partial charge in [-0.05, 0) is 26.3 Å². The second kappa shape index (κ2) is 8.14. The lowest BCUT2D eigenvalue weighted by Gasteiger charge is -2.28. The third-order valence-electron chi connectivity index (χ3n) is 3.75. The lowest BCUT2D eigenvalue weighted by molar-refractivity contribution is 0.122. The third-order valence-corrected chi connectivity index (χ3v) is 3.75. The van der Waals surface area contributed by atoms with Crippen LogP contribution in [-0.2, 0) is 11.3 Å². The predicted octanol–water partition coefficient (Wildman–Crippen LogP) is 0.858. The molecule has 0 radical (unpaired) electrons. The van der Waals surface area contributed by atoms with Crippen molar-refractivity contribution >= 4 is 5.69 Å². The first-order valence-electron chi connectivity index (χ1n) is 7.84. The van der Waals surface area contributed by atoms with Gasteiger partial charge < -0.3 is 15.0 Å². The van der Waals surface area contributed by atoms with Crippen molar-refractivity contribution in [3.63, 3.8) is 0 Å². The molecule has 0 aromatic carbocycles. The van der Waals surface area contributed by atoms with Gasteiger partial charge >= 0.3 is 0 Å². The van der Waals surface area contributed by atoms with E-state index in [1.54, 1.807) is 16.9 Å².